The van der Waals surface area contributed by atoms with Crippen LogP contribution in [0.25, 0.3) is 0 Å². The molecule has 1 fully saturated rings. The highest BCUT2D eigenvalue weighted by Crippen LogP contribution is 2.26. The third-order valence-corrected chi connectivity index (χ3v) is 5.04. The van der Waals surface area contributed by atoms with Gasteiger partial charge < -0.3 is 9.80 Å². The molecule has 3 heterocycles. The largest absolute Gasteiger partial charge is 0.350 e. The lowest BCUT2D eigenvalue weighted by atomic mass is 10.2. The minimum absolute atomic E-state index is 0.272. The molecule has 0 spiro atoms. The van der Waals surface area contributed by atoms with Gasteiger partial charge in [0, 0.05) is 37.1 Å². The van der Waals surface area contributed by atoms with Crippen LogP contribution in [-0.4, -0.2) is 40.6 Å². The minimum Gasteiger partial charge on any atom is -0.350 e. The van der Waals surface area contributed by atoms with E-state index in [4.69, 9.17) is 9.97 Å². The molecule has 6 heteroatoms. The van der Waals surface area contributed by atoms with E-state index < -0.39 is 0 Å². The summed E-state index contributed by atoms with van der Waals surface area (Å²) in [5.74, 6) is 1.38. The highest BCUT2D eigenvalue weighted by molar-refractivity contribution is 5.45. The predicted octanol–water partition coefficient (Wildman–Crippen LogP) is 2.52. The van der Waals surface area contributed by atoms with Gasteiger partial charge in [0.2, 0.25) is 5.95 Å². The fraction of sp³-hybridized carbons (Fsp3) is 0.500. The Bertz CT molecular complexity index is 746. The van der Waals surface area contributed by atoms with Gasteiger partial charge in [-0.1, -0.05) is 0 Å². The molecule has 1 aliphatic carbocycles. The Labute approximate surface area is 141 Å². The molecule has 1 unspecified atom stereocenters. The quantitative estimate of drug-likeness (QED) is 0.848. The zero-order valence-corrected chi connectivity index (χ0v) is 14.2. The van der Waals surface area contributed by atoms with E-state index in [-0.39, 0.29) is 11.9 Å². The van der Waals surface area contributed by atoms with Crippen LogP contribution >= 0.6 is 0 Å². The summed E-state index contributed by atoms with van der Waals surface area (Å²) in [6.07, 6.45) is 4.65. The number of pyridine rings is 1. The van der Waals surface area contributed by atoms with Crippen LogP contribution in [0.4, 0.5) is 16.2 Å². The zero-order chi connectivity index (χ0) is 16.7. The van der Waals surface area contributed by atoms with E-state index in [0.717, 1.165) is 49.9 Å². The molecule has 0 radical (unpaired) electrons. The lowest BCUT2D eigenvalue weighted by Crippen LogP contribution is -2.53. The molecule has 126 valence electrons. The summed E-state index contributed by atoms with van der Waals surface area (Å²) in [6, 6.07) is 3.49. The van der Waals surface area contributed by atoms with Crippen LogP contribution in [0.15, 0.2) is 18.3 Å². The SMILES string of the molecule is Cc1nc(N2CCN(c3ccc(F)cn3)C(C)C2)nc2c1CCC2. The summed E-state index contributed by atoms with van der Waals surface area (Å²) < 4.78 is 13.1. The summed E-state index contributed by atoms with van der Waals surface area (Å²) in [4.78, 5) is 18.2. The van der Waals surface area contributed by atoms with Crippen molar-refractivity contribution in [3.05, 3.63) is 41.1 Å². The van der Waals surface area contributed by atoms with Crippen LogP contribution in [0.3, 0.4) is 0 Å². The van der Waals surface area contributed by atoms with Crippen LogP contribution in [0.2, 0.25) is 0 Å². The number of anilines is 2. The number of nitrogens with zero attached hydrogens (tertiary/aromatic N) is 5. The molecule has 4 rings (SSSR count). The summed E-state index contributed by atoms with van der Waals surface area (Å²) in [5.41, 5.74) is 3.71. The van der Waals surface area contributed by atoms with Gasteiger partial charge in [0.15, 0.2) is 0 Å². The van der Waals surface area contributed by atoms with Crippen molar-refractivity contribution in [3.63, 3.8) is 0 Å². The highest BCUT2D eigenvalue weighted by atomic mass is 19.1. The van der Waals surface area contributed by atoms with Gasteiger partial charge in [-0.25, -0.2) is 19.3 Å². The Hall–Kier alpha value is -2.24. The Balaban J connectivity index is 1.52. The number of hydrogen-bond acceptors (Lipinski definition) is 5. The molecule has 0 aromatic carbocycles. The van der Waals surface area contributed by atoms with E-state index in [1.807, 2.05) is 0 Å². The standard InChI is InChI=1S/C18H22FN5/c1-12-11-23(8-9-24(12)17-7-6-14(19)10-20-17)18-21-13(2)15-4-3-5-16(15)22-18/h6-7,10,12H,3-5,8-9,11H2,1-2H3. The first kappa shape index (κ1) is 15.3. The summed E-state index contributed by atoms with van der Waals surface area (Å²) in [5, 5.41) is 0. The maximum absolute atomic E-state index is 13.1. The number of aromatic nitrogens is 3. The molecule has 24 heavy (non-hydrogen) atoms. The van der Waals surface area contributed by atoms with E-state index in [0.29, 0.717) is 0 Å². The fourth-order valence-corrected chi connectivity index (χ4v) is 3.76. The number of fused-ring (bicyclic) bond motifs is 1. The van der Waals surface area contributed by atoms with E-state index in [2.05, 4.69) is 28.6 Å². The molecule has 1 aliphatic heterocycles. The lowest BCUT2D eigenvalue weighted by Gasteiger charge is -2.40. The van der Waals surface area contributed by atoms with Crippen molar-refractivity contribution in [2.75, 3.05) is 29.4 Å². The first-order valence-corrected chi connectivity index (χ1v) is 8.61. The smallest absolute Gasteiger partial charge is 0.225 e. The molecule has 0 N–H and O–H groups in total. The average molecular weight is 327 g/mol. The Kier molecular flexibility index (Phi) is 3.82. The molecule has 2 aromatic heterocycles. The number of aryl methyl sites for hydroxylation is 2. The zero-order valence-electron chi connectivity index (χ0n) is 14.2. The first-order valence-electron chi connectivity index (χ1n) is 8.61. The van der Waals surface area contributed by atoms with Gasteiger partial charge in [0.05, 0.1) is 6.20 Å². The second-order valence-electron chi connectivity index (χ2n) is 6.71. The second-order valence-corrected chi connectivity index (χ2v) is 6.71. The van der Waals surface area contributed by atoms with E-state index in [1.165, 1.54) is 29.9 Å². The van der Waals surface area contributed by atoms with Gasteiger partial charge in [0.1, 0.15) is 11.6 Å². The molecule has 2 aliphatic rings. The first-order chi connectivity index (χ1) is 11.6. The summed E-state index contributed by atoms with van der Waals surface area (Å²) >= 11 is 0. The Morgan fingerprint density at radius 1 is 1.17 bits per heavy atom. The van der Waals surface area contributed by atoms with Crippen molar-refractivity contribution >= 4 is 11.8 Å². The van der Waals surface area contributed by atoms with Crippen LogP contribution in [0, 0.1) is 12.7 Å². The molecule has 1 atom stereocenters. The van der Waals surface area contributed by atoms with Gasteiger partial charge >= 0.3 is 0 Å². The van der Waals surface area contributed by atoms with Crippen LogP contribution in [0.1, 0.15) is 30.3 Å². The van der Waals surface area contributed by atoms with Crippen LogP contribution < -0.4 is 9.80 Å². The molecular weight excluding hydrogens is 305 g/mol. The van der Waals surface area contributed by atoms with Gasteiger partial charge in [0.25, 0.3) is 0 Å². The van der Waals surface area contributed by atoms with Gasteiger partial charge in [-0.2, -0.15) is 0 Å². The third kappa shape index (κ3) is 2.70. The molecule has 1 saturated heterocycles. The van der Waals surface area contributed by atoms with E-state index in [1.54, 1.807) is 6.07 Å². The fourth-order valence-electron chi connectivity index (χ4n) is 3.76. The molecule has 5 nitrogen and oxygen atoms in total. The average Bonchev–Trinajstić information content (AvgIpc) is 3.05. The Morgan fingerprint density at radius 3 is 2.79 bits per heavy atom. The lowest BCUT2D eigenvalue weighted by molar-refractivity contribution is 0.536. The van der Waals surface area contributed by atoms with E-state index >= 15 is 0 Å². The summed E-state index contributed by atoms with van der Waals surface area (Å²) in [6.45, 7) is 6.78. The maximum atomic E-state index is 13.1. The van der Waals surface area contributed by atoms with Gasteiger partial charge in [-0.3, -0.25) is 0 Å². The third-order valence-electron chi connectivity index (χ3n) is 5.04. The molecular formula is C18H22FN5. The van der Waals surface area contributed by atoms with Gasteiger partial charge in [-0.05, 0) is 50.8 Å². The number of piperazine rings is 1. The van der Waals surface area contributed by atoms with Crippen molar-refractivity contribution in [2.45, 2.75) is 39.2 Å². The molecule has 2 aromatic rings. The predicted molar refractivity (Wildman–Crippen MR) is 92.0 cm³/mol. The van der Waals surface area contributed by atoms with Crippen molar-refractivity contribution < 1.29 is 4.39 Å². The normalized spacial score (nSPS) is 20.4. The molecule has 0 amide bonds. The van der Waals surface area contributed by atoms with Gasteiger partial charge in [-0.15, -0.1) is 0 Å². The van der Waals surface area contributed by atoms with Crippen molar-refractivity contribution in [1.82, 2.24) is 15.0 Å². The van der Waals surface area contributed by atoms with Crippen molar-refractivity contribution in [1.29, 1.82) is 0 Å². The second kappa shape index (κ2) is 6.00. The Morgan fingerprint density at radius 2 is 2.04 bits per heavy atom. The summed E-state index contributed by atoms with van der Waals surface area (Å²) in [7, 11) is 0. The van der Waals surface area contributed by atoms with Crippen LogP contribution in [0.5, 0.6) is 0 Å². The maximum Gasteiger partial charge on any atom is 0.225 e. The topological polar surface area (TPSA) is 45.2 Å². The minimum atomic E-state index is -0.299. The number of halogens is 1. The monoisotopic (exact) mass is 327 g/mol. The number of rotatable bonds is 2. The number of hydrogen-bond donors (Lipinski definition) is 0. The van der Waals surface area contributed by atoms with Crippen LogP contribution in [-0.2, 0) is 12.8 Å². The molecule has 0 saturated carbocycles. The van der Waals surface area contributed by atoms with Crippen molar-refractivity contribution in [2.24, 2.45) is 0 Å². The van der Waals surface area contributed by atoms with E-state index in [9.17, 15) is 4.39 Å². The molecule has 0 bridgehead atoms. The highest BCUT2D eigenvalue weighted by Gasteiger charge is 2.27. The van der Waals surface area contributed by atoms with Crippen molar-refractivity contribution in [3.8, 4) is 0 Å².